The highest BCUT2D eigenvalue weighted by molar-refractivity contribution is 5.66. The molecule has 4 rings (SSSR count). The lowest BCUT2D eigenvalue weighted by molar-refractivity contribution is -0.150. The lowest BCUT2D eigenvalue weighted by atomic mass is 9.79. The molecule has 0 spiro atoms. The van der Waals surface area contributed by atoms with Crippen LogP contribution in [0.3, 0.4) is 0 Å². The Morgan fingerprint density at radius 1 is 1.27 bits per heavy atom. The van der Waals surface area contributed by atoms with E-state index in [0.717, 1.165) is 24.2 Å². The minimum absolute atomic E-state index is 0.115. The molecule has 3 aliphatic carbocycles. The van der Waals surface area contributed by atoms with Gasteiger partial charge in [-0.2, -0.15) is 0 Å². The van der Waals surface area contributed by atoms with Crippen LogP contribution in [0.5, 0.6) is 0 Å². The summed E-state index contributed by atoms with van der Waals surface area (Å²) in [6.45, 7) is 1.52. The fraction of sp³-hybridized carbons (Fsp3) is 0.917. The number of hydrogen-bond acceptors (Lipinski definition) is 3. The van der Waals surface area contributed by atoms with E-state index in [0.29, 0.717) is 18.1 Å². The molecular weight excluding hydrogens is 192 g/mol. The minimum Gasteiger partial charge on any atom is -0.462 e. The average Bonchev–Trinajstić information content (AvgIpc) is 2.58. The number of epoxide rings is 1. The SMILES string of the molecule is CC(=O)O[C@@H]1C[C@H]2C[C@H]1[C@@H]1[C@@H]2C[C@@H]2O[C@@H]12. The van der Waals surface area contributed by atoms with E-state index in [9.17, 15) is 4.79 Å². The molecule has 15 heavy (non-hydrogen) atoms. The van der Waals surface area contributed by atoms with Crippen LogP contribution >= 0.6 is 0 Å². The molecule has 3 heteroatoms. The molecule has 0 aromatic carbocycles. The van der Waals surface area contributed by atoms with Gasteiger partial charge in [0.25, 0.3) is 0 Å². The highest BCUT2D eigenvalue weighted by Crippen LogP contribution is 2.64. The molecule has 0 amide bonds. The summed E-state index contributed by atoms with van der Waals surface area (Å²) >= 11 is 0. The van der Waals surface area contributed by atoms with Crippen molar-refractivity contribution in [2.24, 2.45) is 23.7 Å². The predicted molar refractivity (Wildman–Crippen MR) is 52.0 cm³/mol. The zero-order chi connectivity index (χ0) is 10.2. The van der Waals surface area contributed by atoms with Gasteiger partial charge in [0.05, 0.1) is 12.2 Å². The Bertz CT molecular complexity index is 327. The van der Waals surface area contributed by atoms with Crippen molar-refractivity contribution in [3.8, 4) is 0 Å². The number of fused-ring (bicyclic) bond motifs is 7. The third-order valence-electron chi connectivity index (χ3n) is 5.00. The number of carbonyl (C=O) groups is 1. The standard InChI is InChI=1S/C12H16O3/c1-5(13)14-9-3-6-2-8(9)11-7(6)4-10-12(11)15-10/h6-12H,2-4H2,1H3/t6-,7-,8-,9-,10+,11+,12-/m1/s1. The van der Waals surface area contributed by atoms with Crippen molar-refractivity contribution in [3.63, 3.8) is 0 Å². The van der Waals surface area contributed by atoms with Crippen molar-refractivity contribution >= 4 is 5.97 Å². The van der Waals surface area contributed by atoms with Crippen LogP contribution in [0.2, 0.25) is 0 Å². The molecule has 1 heterocycles. The summed E-state index contributed by atoms with van der Waals surface area (Å²) < 4.78 is 11.1. The topological polar surface area (TPSA) is 38.8 Å². The van der Waals surface area contributed by atoms with Gasteiger partial charge < -0.3 is 9.47 Å². The highest BCUT2D eigenvalue weighted by Gasteiger charge is 2.67. The summed E-state index contributed by atoms with van der Waals surface area (Å²) in [6.07, 6.45) is 4.98. The predicted octanol–water partition coefficient (Wildman–Crippen LogP) is 1.36. The van der Waals surface area contributed by atoms with E-state index in [2.05, 4.69) is 0 Å². The molecule has 3 nitrogen and oxygen atoms in total. The number of carbonyl (C=O) groups excluding carboxylic acids is 1. The quantitative estimate of drug-likeness (QED) is 0.482. The molecular formula is C12H16O3. The molecule has 82 valence electrons. The van der Waals surface area contributed by atoms with Gasteiger partial charge in [-0.3, -0.25) is 4.79 Å². The van der Waals surface area contributed by atoms with E-state index < -0.39 is 0 Å². The Labute approximate surface area is 89.1 Å². The molecule has 0 aromatic rings. The van der Waals surface area contributed by atoms with Crippen LogP contribution in [-0.4, -0.2) is 24.3 Å². The molecule has 1 aliphatic heterocycles. The van der Waals surface area contributed by atoms with Crippen LogP contribution in [0.15, 0.2) is 0 Å². The first-order chi connectivity index (χ1) is 7.24. The first kappa shape index (κ1) is 8.57. The summed E-state index contributed by atoms with van der Waals surface area (Å²) in [5.74, 6) is 2.93. The zero-order valence-corrected chi connectivity index (χ0v) is 8.89. The molecule has 0 unspecified atom stereocenters. The number of hydrogen-bond donors (Lipinski definition) is 0. The second kappa shape index (κ2) is 2.57. The molecule has 2 bridgehead atoms. The van der Waals surface area contributed by atoms with Gasteiger partial charge in [0.2, 0.25) is 0 Å². The normalized spacial score (nSPS) is 58.9. The van der Waals surface area contributed by atoms with Gasteiger partial charge >= 0.3 is 5.97 Å². The Morgan fingerprint density at radius 3 is 2.93 bits per heavy atom. The van der Waals surface area contributed by atoms with Gasteiger partial charge in [-0.1, -0.05) is 0 Å². The van der Waals surface area contributed by atoms with Gasteiger partial charge in [0, 0.05) is 12.8 Å². The largest absolute Gasteiger partial charge is 0.462 e. The maximum absolute atomic E-state index is 11.0. The van der Waals surface area contributed by atoms with Gasteiger partial charge in [0.1, 0.15) is 6.10 Å². The second-order valence-electron chi connectivity index (χ2n) is 5.66. The van der Waals surface area contributed by atoms with Crippen LogP contribution in [0, 0.1) is 23.7 Å². The fourth-order valence-electron chi connectivity index (χ4n) is 4.60. The van der Waals surface area contributed by atoms with Crippen molar-refractivity contribution in [3.05, 3.63) is 0 Å². The number of ether oxygens (including phenoxy) is 2. The van der Waals surface area contributed by atoms with Crippen LogP contribution in [0.4, 0.5) is 0 Å². The van der Waals surface area contributed by atoms with Crippen molar-refractivity contribution < 1.29 is 14.3 Å². The Hall–Kier alpha value is -0.570. The molecule has 3 saturated carbocycles. The smallest absolute Gasteiger partial charge is 0.302 e. The maximum atomic E-state index is 11.0. The minimum atomic E-state index is -0.115. The zero-order valence-electron chi connectivity index (χ0n) is 8.89. The first-order valence-electron chi connectivity index (χ1n) is 6.06. The molecule has 4 aliphatic rings. The third-order valence-corrected chi connectivity index (χ3v) is 5.00. The molecule has 0 radical (unpaired) electrons. The van der Waals surface area contributed by atoms with Gasteiger partial charge in [-0.05, 0) is 37.0 Å². The maximum Gasteiger partial charge on any atom is 0.302 e. The highest BCUT2D eigenvalue weighted by atomic mass is 16.6. The lowest BCUT2D eigenvalue weighted by Gasteiger charge is -2.31. The molecule has 0 N–H and O–H groups in total. The van der Waals surface area contributed by atoms with Crippen molar-refractivity contribution in [2.75, 3.05) is 0 Å². The van der Waals surface area contributed by atoms with Gasteiger partial charge in [-0.25, -0.2) is 0 Å². The van der Waals surface area contributed by atoms with Crippen LogP contribution in [0.25, 0.3) is 0 Å². The Morgan fingerprint density at radius 2 is 2.13 bits per heavy atom. The summed E-state index contributed by atoms with van der Waals surface area (Å²) in [5.41, 5.74) is 0. The van der Waals surface area contributed by atoms with E-state index in [1.807, 2.05) is 0 Å². The van der Waals surface area contributed by atoms with E-state index in [-0.39, 0.29) is 12.1 Å². The summed E-state index contributed by atoms with van der Waals surface area (Å²) in [4.78, 5) is 11.0. The summed E-state index contributed by atoms with van der Waals surface area (Å²) in [7, 11) is 0. The monoisotopic (exact) mass is 208 g/mol. The average molecular weight is 208 g/mol. The van der Waals surface area contributed by atoms with Crippen molar-refractivity contribution in [1.82, 2.24) is 0 Å². The molecule has 0 aromatic heterocycles. The molecule has 4 fully saturated rings. The van der Waals surface area contributed by atoms with E-state index in [4.69, 9.17) is 9.47 Å². The second-order valence-corrected chi connectivity index (χ2v) is 5.66. The molecule has 1 saturated heterocycles. The van der Waals surface area contributed by atoms with E-state index in [1.165, 1.54) is 19.8 Å². The Kier molecular flexibility index (Phi) is 1.47. The van der Waals surface area contributed by atoms with Crippen molar-refractivity contribution in [1.29, 1.82) is 0 Å². The molecule has 7 atom stereocenters. The number of rotatable bonds is 1. The first-order valence-corrected chi connectivity index (χ1v) is 6.06. The third kappa shape index (κ3) is 1.02. The van der Waals surface area contributed by atoms with Crippen LogP contribution in [0.1, 0.15) is 26.2 Å². The van der Waals surface area contributed by atoms with E-state index >= 15 is 0 Å². The van der Waals surface area contributed by atoms with Crippen LogP contribution in [-0.2, 0) is 14.3 Å². The van der Waals surface area contributed by atoms with Gasteiger partial charge in [0.15, 0.2) is 0 Å². The lowest BCUT2D eigenvalue weighted by Crippen LogP contribution is -2.34. The van der Waals surface area contributed by atoms with E-state index in [1.54, 1.807) is 0 Å². The summed E-state index contributed by atoms with van der Waals surface area (Å²) in [5, 5.41) is 0. The van der Waals surface area contributed by atoms with Crippen molar-refractivity contribution in [2.45, 2.75) is 44.5 Å². The Balaban J connectivity index is 1.57. The van der Waals surface area contributed by atoms with Crippen LogP contribution < -0.4 is 0 Å². The summed E-state index contributed by atoms with van der Waals surface area (Å²) in [6, 6.07) is 0. The number of esters is 1. The fourth-order valence-corrected chi connectivity index (χ4v) is 4.60. The van der Waals surface area contributed by atoms with Gasteiger partial charge in [-0.15, -0.1) is 0 Å².